The summed E-state index contributed by atoms with van der Waals surface area (Å²) in [5.41, 5.74) is 7.22. The Morgan fingerprint density at radius 3 is 1.28 bits per heavy atom. The molecule has 0 unspecified atom stereocenters. The van der Waals surface area contributed by atoms with Crippen LogP contribution in [-0.4, -0.2) is 202 Å². The molecule has 756 valence electrons. The number of aliphatic imine (C=N–C) groups is 1. The molecule has 1 aliphatic heterocycles. The van der Waals surface area contributed by atoms with Gasteiger partial charge >= 0.3 is 17.4 Å². The van der Waals surface area contributed by atoms with E-state index < -0.39 is 49.6 Å². The molecular weight excluding hydrogens is 1920 g/mol. The molecule has 1 fully saturated rings. The molecule has 6 aromatic heterocycles. The number of ether oxygens (including phenoxy) is 7. The normalized spacial score (nSPS) is 11.3. The molecule has 15 N–H and O–H groups in total. The summed E-state index contributed by atoms with van der Waals surface area (Å²) in [5.74, 6) is 0.939. The van der Waals surface area contributed by atoms with Crippen molar-refractivity contribution in [2.45, 2.75) is 63.3 Å². The number of aromatic nitrogens is 7. The molecule has 0 atom stereocenters. The van der Waals surface area contributed by atoms with E-state index in [1.807, 2.05) is 45.0 Å². The number of rotatable bonds is 32. The lowest BCUT2D eigenvalue weighted by molar-refractivity contribution is -0.384. The molecule has 48 heteroatoms. The maximum atomic E-state index is 12.7. The zero-order chi connectivity index (χ0) is 105. The van der Waals surface area contributed by atoms with Crippen molar-refractivity contribution in [1.82, 2.24) is 55.7 Å². The summed E-state index contributed by atoms with van der Waals surface area (Å²) in [6.45, 7) is 13.1. The largest absolute Gasteiger partial charge is 0.477 e. The molecule has 0 radical (unpaired) electrons. The smallest absolute Gasteiger partial charge is 0.446 e. The topological polar surface area (TPSA) is 589 Å². The number of hydrogen-bond donors (Lipinski definition) is 14. The standard InChI is InChI=1S/C23H20F3N5O3S.C17H19N3O5.C15H16N4O5.C15H18N4O3.C13H11N3O5.C8H7NS.C5H11NO/c1-31-20-6-5-15(34-16-7-8-27-19(13-16)21(33)28-9-10-32)12-18(20)30-22(31)29-14-3-2-4-17(11-14)35-23(24,25)26;1-17(2,3)25-16(21)14-9-12(7-8-19-14)24-11-5-6-13(18-4)15(10-11)20(22)23;1-16-12-3-2-10(9-14(12)19(22)23)24-11-4-5-17-13(8-11)15(21)18-6-7-20;1-17-13-3-2-10(8-12(13)16)22-11-4-5-18-14(9-11)15(21)19-6-7-20;1-14-10-3-2-8(7-12(10)16(19)20)21-9-4-5-15-11(6-9)13(17)18;1-7-3-2-4-8(5-7)9-6-10;1-5(2)6-3-4-7-5/h2-8,11-13,32H,9-10H2,1H3,(H,28,33)(H,29,30);5-10,18H,1-4H3;2-5,8-9,16,20H,6-7H2,1H3,(H,18,21);2-5,8-9,17,20H,6-7,16H2,1H3,(H,19,21);2-7,14H,1H3,(H,17,18);2-5H,1H3;6H,3-4H2,1-2H3. The summed E-state index contributed by atoms with van der Waals surface area (Å²) in [4.78, 5) is 118. The number of aliphatic hydroxyl groups is 3. The van der Waals surface area contributed by atoms with Crippen molar-refractivity contribution >= 4 is 133 Å². The Labute approximate surface area is 831 Å². The fraction of sp³-hybridized carbons (Fsp3) is 0.229. The highest BCUT2D eigenvalue weighted by Crippen LogP contribution is 2.40. The van der Waals surface area contributed by atoms with Gasteiger partial charge in [0.05, 0.1) is 92.7 Å². The van der Waals surface area contributed by atoms with Crippen LogP contribution in [0.4, 0.5) is 76.0 Å². The molecule has 0 bridgehead atoms. The minimum Gasteiger partial charge on any atom is -0.477 e. The van der Waals surface area contributed by atoms with Gasteiger partial charge in [-0.15, -0.1) is 0 Å². The van der Waals surface area contributed by atoms with Crippen LogP contribution in [0.5, 0.6) is 57.5 Å². The van der Waals surface area contributed by atoms with E-state index in [9.17, 15) is 67.5 Å². The van der Waals surface area contributed by atoms with Crippen molar-refractivity contribution in [1.29, 1.82) is 0 Å². The predicted octanol–water partition coefficient (Wildman–Crippen LogP) is 17.0. The Kier molecular flexibility index (Phi) is 42.8. The highest BCUT2D eigenvalue weighted by molar-refractivity contribution is 8.00. The minimum atomic E-state index is -4.37. The number of anilines is 7. The zero-order valence-corrected chi connectivity index (χ0v) is 80.8. The number of halogens is 3. The van der Waals surface area contributed by atoms with Crippen LogP contribution in [0.3, 0.4) is 0 Å². The summed E-state index contributed by atoms with van der Waals surface area (Å²) in [5, 5.41) is 95.4. The van der Waals surface area contributed by atoms with Gasteiger partial charge in [-0.1, -0.05) is 18.2 Å². The first-order chi connectivity index (χ1) is 68.6. The highest BCUT2D eigenvalue weighted by Gasteiger charge is 2.30. The average Bonchev–Trinajstić information content (AvgIpc) is 1.64. The van der Waals surface area contributed by atoms with E-state index in [-0.39, 0.29) is 136 Å². The second kappa shape index (κ2) is 55.0. The van der Waals surface area contributed by atoms with E-state index in [1.165, 1.54) is 128 Å². The Balaban J connectivity index is 0.000000213. The van der Waals surface area contributed by atoms with Gasteiger partial charge in [0.2, 0.25) is 5.95 Å². The highest BCUT2D eigenvalue weighted by atomic mass is 32.2. The van der Waals surface area contributed by atoms with Gasteiger partial charge in [0.25, 0.3) is 34.8 Å². The quantitative estimate of drug-likeness (QED) is 0.00354. The third-order valence-electron chi connectivity index (χ3n) is 18.6. The predicted molar refractivity (Wildman–Crippen MR) is 537 cm³/mol. The number of alkyl halides is 3. The van der Waals surface area contributed by atoms with Crippen molar-refractivity contribution in [3.63, 3.8) is 0 Å². The fourth-order valence-corrected chi connectivity index (χ4v) is 12.8. The van der Waals surface area contributed by atoms with E-state index in [0.29, 0.717) is 74.4 Å². The molecular formula is C96H102F3N21O22S2. The lowest BCUT2D eigenvalue weighted by Gasteiger charge is -2.19. The minimum absolute atomic E-state index is 0.0556. The monoisotopic (exact) mass is 2020 g/mol. The maximum absolute atomic E-state index is 12.7. The third kappa shape index (κ3) is 36.9. The van der Waals surface area contributed by atoms with Gasteiger partial charge in [0, 0.05) is 145 Å². The van der Waals surface area contributed by atoms with Crippen molar-refractivity contribution in [3.05, 3.63) is 296 Å². The number of fused-ring (bicyclic) bond motifs is 1. The number of nitro benzene ring substituents is 3. The number of pyridine rings is 5. The second-order valence-electron chi connectivity index (χ2n) is 30.9. The SMILES string of the molecule is CC1(C)NCCO1.CNc1ccc(Oc2ccnc(C(=O)NCCO)c2)cc1N.CNc1ccc(Oc2ccnc(C(=O)NCCO)c2)cc1[N+](=O)[O-].CNc1ccc(Oc2ccnc(C(=O)O)c2)cc1[N+](=O)[O-].CNc1ccc(Oc2ccnc(C(=O)OC(C)(C)C)c2)cc1[N+](=O)[O-].Cc1cccc(N=C=S)c1.Cn1c(Nc2cccc(SC(F)(F)F)c2)nc2cc(Oc3ccnc(C(=O)NCCO)c3)ccc21. The Morgan fingerprint density at radius 2 is 0.917 bits per heavy atom. The summed E-state index contributed by atoms with van der Waals surface area (Å²) in [6.07, 6.45) is 7.00. The van der Waals surface area contributed by atoms with Gasteiger partial charge in [0.15, 0.2) is 11.4 Å². The molecule has 1 saturated heterocycles. The molecule has 7 heterocycles. The lowest BCUT2D eigenvalue weighted by Crippen LogP contribution is -2.33. The molecule has 0 spiro atoms. The Hall–Kier alpha value is -17.2. The van der Waals surface area contributed by atoms with Crippen molar-refractivity contribution in [2.75, 3.05) is 113 Å². The molecule has 0 aliphatic carbocycles. The first-order valence-electron chi connectivity index (χ1n) is 43.1. The van der Waals surface area contributed by atoms with E-state index in [4.69, 9.17) is 59.3 Å². The first kappa shape index (κ1) is 112. The number of nitrogen functional groups attached to an aromatic ring is 1. The van der Waals surface area contributed by atoms with E-state index in [0.717, 1.165) is 30.0 Å². The van der Waals surface area contributed by atoms with Crippen LogP contribution in [0.15, 0.2) is 241 Å². The number of carboxylic acids is 1. The van der Waals surface area contributed by atoms with Crippen LogP contribution in [0.2, 0.25) is 0 Å². The lowest BCUT2D eigenvalue weighted by atomic mass is 10.2. The van der Waals surface area contributed by atoms with Gasteiger partial charge in [-0.25, -0.2) is 24.5 Å². The molecule has 1 aliphatic rings. The van der Waals surface area contributed by atoms with Crippen LogP contribution in [0.1, 0.15) is 92.6 Å². The van der Waals surface area contributed by atoms with Gasteiger partial charge < -0.3 is 106 Å². The number of aryl methyl sites for hydroxylation is 2. The average molecular weight is 2020 g/mol. The summed E-state index contributed by atoms with van der Waals surface area (Å²) in [6, 6.07) is 52.3. The Morgan fingerprint density at radius 1 is 0.535 bits per heavy atom. The molecule has 144 heavy (non-hydrogen) atoms. The van der Waals surface area contributed by atoms with Crippen LogP contribution in [0, 0.1) is 37.3 Å². The summed E-state index contributed by atoms with van der Waals surface area (Å²) >= 11 is 4.28. The number of carbonyl (C=O) groups is 5. The van der Waals surface area contributed by atoms with Crippen molar-refractivity contribution in [2.24, 2.45) is 12.0 Å². The van der Waals surface area contributed by atoms with Gasteiger partial charge in [0.1, 0.15) is 103 Å². The van der Waals surface area contributed by atoms with E-state index in [1.54, 1.807) is 146 Å². The van der Waals surface area contributed by atoms with E-state index >= 15 is 0 Å². The number of nitrogens with two attached hydrogens (primary N) is 1. The molecule has 0 saturated carbocycles. The first-order valence-corrected chi connectivity index (χ1v) is 44.3. The second-order valence-corrected chi connectivity index (χ2v) is 32.2. The van der Waals surface area contributed by atoms with Crippen LogP contribution in [0.25, 0.3) is 11.0 Å². The van der Waals surface area contributed by atoms with E-state index in [2.05, 4.69) is 100 Å². The maximum Gasteiger partial charge on any atom is 0.446 e. The molecule has 43 nitrogen and oxygen atoms in total. The molecule has 14 rings (SSSR count). The third-order valence-corrected chi connectivity index (χ3v) is 19.4. The number of benzene rings is 7. The molecule has 13 aromatic rings. The van der Waals surface area contributed by atoms with Crippen molar-refractivity contribution < 1.29 is 105 Å². The number of hydrogen-bond acceptors (Lipinski definition) is 37. The van der Waals surface area contributed by atoms with Gasteiger partial charge in [-0.05, 0) is 192 Å². The number of nitrogens with one attached hydrogen (secondary N) is 9. The number of aliphatic hydroxyl groups excluding tert-OH is 3. The number of imidazole rings is 1. The number of carbonyl (C=O) groups excluding carboxylic acids is 4. The number of amides is 3. The summed E-state index contributed by atoms with van der Waals surface area (Å²) in [7, 11) is 8.33. The van der Waals surface area contributed by atoms with Gasteiger partial charge in [-0.3, -0.25) is 65.0 Å². The number of esters is 1. The number of aromatic carboxylic acids is 1. The number of nitrogens with zero attached hydrogens (tertiary/aromatic N) is 11. The zero-order valence-electron chi connectivity index (χ0n) is 79.2. The number of carboxylic acid groups (broad SMARTS) is 1. The van der Waals surface area contributed by atoms with Crippen LogP contribution in [-0.2, 0) is 16.5 Å². The van der Waals surface area contributed by atoms with Crippen LogP contribution < -0.4 is 77.3 Å². The summed E-state index contributed by atoms with van der Waals surface area (Å²) < 4.78 is 78.5. The molecule has 7 aromatic carbocycles. The number of thiocarbonyl (C=S) groups is 1. The van der Waals surface area contributed by atoms with Gasteiger partial charge in [-0.2, -0.15) is 18.2 Å². The Bertz CT molecular complexity index is 6670. The molecule has 3 amide bonds. The van der Waals surface area contributed by atoms with Crippen LogP contribution >= 0.6 is 24.0 Å². The number of nitro groups is 3. The van der Waals surface area contributed by atoms with Crippen molar-refractivity contribution in [3.8, 4) is 57.5 Å². The number of thioether (sulfide) groups is 1. The fourth-order valence-electron chi connectivity index (χ4n) is 12.1. The number of isothiocyanates is 1.